The van der Waals surface area contributed by atoms with E-state index in [1.807, 2.05) is 4.72 Å². The van der Waals surface area contributed by atoms with Crippen molar-refractivity contribution in [1.29, 1.82) is 0 Å². The highest BCUT2D eigenvalue weighted by molar-refractivity contribution is 7.92. The van der Waals surface area contributed by atoms with Gasteiger partial charge in [0.05, 0.1) is 22.3 Å². The first-order chi connectivity index (χ1) is 12.0. The molecule has 7 nitrogen and oxygen atoms in total. The van der Waals surface area contributed by atoms with Crippen molar-refractivity contribution in [1.82, 2.24) is 4.98 Å². The van der Waals surface area contributed by atoms with Crippen LogP contribution in [-0.4, -0.2) is 37.3 Å². The van der Waals surface area contributed by atoms with Crippen LogP contribution in [0, 0.1) is 5.82 Å². The number of carboxylic acids is 1. The van der Waals surface area contributed by atoms with Gasteiger partial charge in [-0.15, -0.1) is 0 Å². The number of aromatic carboxylic acids is 1. The number of benzene rings is 1. The Kier molecular flexibility index (Phi) is 5.35. The lowest BCUT2D eigenvalue weighted by atomic mass is 10.2. The molecule has 2 rings (SSSR count). The third kappa shape index (κ3) is 5.05. The highest BCUT2D eigenvalue weighted by Gasteiger charge is 2.28. The molecule has 0 fully saturated rings. The number of pyridine rings is 1. The molecule has 1 heterocycles. The van der Waals surface area contributed by atoms with Crippen molar-refractivity contribution in [2.45, 2.75) is 11.1 Å². The van der Waals surface area contributed by atoms with Crippen LogP contribution in [0.15, 0.2) is 41.4 Å². The zero-order valence-corrected chi connectivity index (χ0v) is 13.4. The van der Waals surface area contributed by atoms with Crippen molar-refractivity contribution in [2.75, 3.05) is 11.3 Å². The largest absolute Gasteiger partial charge is 0.478 e. The fourth-order valence-corrected chi connectivity index (χ4v) is 2.80. The standard InChI is InChI=1S/C14H10F4N2O5S/c15-11-3-2-9(5-10(11)13(21)22)26(23,24)20-8-1-4-12(19-6-8)25-7-14(16,17)18/h1-6,20H,7H2,(H,21,22). The van der Waals surface area contributed by atoms with Gasteiger partial charge in [-0.3, -0.25) is 4.72 Å². The molecule has 0 amide bonds. The van der Waals surface area contributed by atoms with Crippen molar-refractivity contribution < 1.29 is 40.6 Å². The molecular weight excluding hydrogens is 384 g/mol. The third-order valence-corrected chi connectivity index (χ3v) is 4.23. The Labute approximate surface area is 144 Å². The van der Waals surface area contributed by atoms with E-state index in [0.717, 1.165) is 24.4 Å². The maximum absolute atomic E-state index is 13.3. The molecule has 1 aromatic carbocycles. The summed E-state index contributed by atoms with van der Waals surface area (Å²) in [6, 6.07) is 4.28. The summed E-state index contributed by atoms with van der Waals surface area (Å²) >= 11 is 0. The number of aromatic nitrogens is 1. The highest BCUT2D eigenvalue weighted by Crippen LogP contribution is 2.21. The second kappa shape index (κ2) is 7.15. The van der Waals surface area contributed by atoms with E-state index in [9.17, 15) is 30.8 Å². The zero-order valence-electron chi connectivity index (χ0n) is 12.6. The molecule has 0 aliphatic carbocycles. The summed E-state index contributed by atoms with van der Waals surface area (Å²) in [7, 11) is -4.28. The fraction of sp³-hybridized carbons (Fsp3) is 0.143. The Morgan fingerprint density at radius 1 is 1.23 bits per heavy atom. The summed E-state index contributed by atoms with van der Waals surface area (Å²) in [4.78, 5) is 13.9. The summed E-state index contributed by atoms with van der Waals surface area (Å²) in [6.07, 6.45) is -3.64. The van der Waals surface area contributed by atoms with E-state index >= 15 is 0 Å². The van der Waals surface area contributed by atoms with Crippen molar-refractivity contribution in [3.8, 4) is 5.88 Å². The van der Waals surface area contributed by atoms with Gasteiger partial charge in [-0.2, -0.15) is 13.2 Å². The lowest BCUT2D eigenvalue weighted by Gasteiger charge is -2.10. The number of halogens is 4. The number of hydrogen-bond donors (Lipinski definition) is 2. The topological polar surface area (TPSA) is 106 Å². The molecule has 1 aromatic heterocycles. The number of rotatable bonds is 6. The number of ether oxygens (including phenoxy) is 1. The molecule has 26 heavy (non-hydrogen) atoms. The second-order valence-electron chi connectivity index (χ2n) is 4.84. The molecular formula is C14H10F4N2O5S. The van der Waals surface area contributed by atoms with Gasteiger partial charge in [0, 0.05) is 6.07 Å². The molecule has 0 aliphatic heterocycles. The first-order valence-corrected chi connectivity index (χ1v) is 8.17. The fourth-order valence-electron chi connectivity index (χ4n) is 1.73. The molecule has 0 atom stereocenters. The van der Waals surface area contributed by atoms with Crippen LogP contribution in [0.4, 0.5) is 23.2 Å². The number of carboxylic acid groups (broad SMARTS) is 1. The van der Waals surface area contributed by atoms with Crippen LogP contribution in [0.25, 0.3) is 0 Å². The van der Waals surface area contributed by atoms with Crippen LogP contribution in [0.5, 0.6) is 5.88 Å². The number of hydrogen-bond acceptors (Lipinski definition) is 5. The molecule has 0 aliphatic rings. The predicted molar refractivity (Wildman–Crippen MR) is 80.0 cm³/mol. The Morgan fingerprint density at radius 2 is 1.92 bits per heavy atom. The molecule has 12 heteroatoms. The van der Waals surface area contributed by atoms with Gasteiger partial charge in [0.15, 0.2) is 6.61 Å². The summed E-state index contributed by atoms with van der Waals surface area (Å²) < 4.78 is 80.2. The Balaban J connectivity index is 2.17. The quantitative estimate of drug-likeness (QED) is 0.730. The molecule has 0 radical (unpaired) electrons. The predicted octanol–water partition coefficient (Wildman–Crippen LogP) is 2.66. The monoisotopic (exact) mass is 394 g/mol. The van der Waals surface area contributed by atoms with Crippen LogP contribution in [0.1, 0.15) is 10.4 Å². The van der Waals surface area contributed by atoms with Gasteiger partial charge < -0.3 is 9.84 Å². The Bertz CT molecular complexity index is 914. The molecule has 2 aromatic rings. The van der Waals surface area contributed by atoms with Crippen LogP contribution < -0.4 is 9.46 Å². The van der Waals surface area contributed by atoms with Crippen molar-refractivity contribution >= 4 is 21.7 Å². The molecule has 2 N–H and O–H groups in total. The lowest BCUT2D eigenvalue weighted by molar-refractivity contribution is -0.154. The molecule has 0 saturated heterocycles. The maximum Gasteiger partial charge on any atom is 0.422 e. The molecule has 0 saturated carbocycles. The van der Waals surface area contributed by atoms with E-state index in [2.05, 4.69) is 9.72 Å². The summed E-state index contributed by atoms with van der Waals surface area (Å²) in [6.45, 7) is -1.56. The highest BCUT2D eigenvalue weighted by atomic mass is 32.2. The van der Waals surface area contributed by atoms with Gasteiger partial charge in [0.25, 0.3) is 10.0 Å². The van der Waals surface area contributed by atoms with Crippen LogP contribution in [-0.2, 0) is 10.0 Å². The molecule has 0 spiro atoms. The summed E-state index contributed by atoms with van der Waals surface area (Å²) in [5.41, 5.74) is -0.951. The van der Waals surface area contributed by atoms with E-state index in [0.29, 0.717) is 12.1 Å². The summed E-state index contributed by atoms with van der Waals surface area (Å²) in [5.74, 6) is -3.13. The van der Waals surface area contributed by atoms with Crippen molar-refractivity contribution in [2.24, 2.45) is 0 Å². The van der Waals surface area contributed by atoms with Crippen LogP contribution in [0.3, 0.4) is 0 Å². The number of nitrogens with one attached hydrogen (secondary N) is 1. The lowest BCUT2D eigenvalue weighted by Crippen LogP contribution is -2.19. The van der Waals surface area contributed by atoms with Gasteiger partial charge in [0.2, 0.25) is 5.88 Å². The number of anilines is 1. The minimum Gasteiger partial charge on any atom is -0.478 e. The second-order valence-corrected chi connectivity index (χ2v) is 6.52. The number of alkyl halides is 3. The maximum atomic E-state index is 13.3. The normalized spacial score (nSPS) is 11.8. The van der Waals surface area contributed by atoms with E-state index in [1.54, 1.807) is 0 Å². The molecule has 140 valence electrons. The van der Waals surface area contributed by atoms with E-state index in [4.69, 9.17) is 5.11 Å². The minimum absolute atomic E-state index is 0.120. The Morgan fingerprint density at radius 3 is 2.46 bits per heavy atom. The number of sulfonamides is 1. The van der Waals surface area contributed by atoms with Crippen molar-refractivity contribution in [3.05, 3.63) is 47.9 Å². The van der Waals surface area contributed by atoms with Crippen molar-refractivity contribution in [3.63, 3.8) is 0 Å². The average Bonchev–Trinajstić information content (AvgIpc) is 2.53. The Hall–Kier alpha value is -2.89. The van der Waals surface area contributed by atoms with Gasteiger partial charge in [-0.25, -0.2) is 22.6 Å². The first kappa shape index (κ1) is 19.4. The summed E-state index contributed by atoms with van der Waals surface area (Å²) in [5, 5.41) is 8.82. The SMILES string of the molecule is O=C(O)c1cc(S(=O)(=O)Nc2ccc(OCC(F)(F)F)nc2)ccc1F. The number of nitrogens with zero attached hydrogens (tertiary/aromatic N) is 1. The van der Waals surface area contributed by atoms with Gasteiger partial charge in [0.1, 0.15) is 5.82 Å². The number of carbonyl (C=O) groups is 1. The average molecular weight is 394 g/mol. The smallest absolute Gasteiger partial charge is 0.422 e. The third-order valence-electron chi connectivity index (χ3n) is 2.85. The van der Waals surface area contributed by atoms with E-state index < -0.39 is 45.1 Å². The van der Waals surface area contributed by atoms with Crippen LogP contribution in [0.2, 0.25) is 0 Å². The first-order valence-electron chi connectivity index (χ1n) is 6.69. The van der Waals surface area contributed by atoms with Crippen LogP contribution >= 0.6 is 0 Å². The molecule has 0 unspecified atom stereocenters. The minimum atomic E-state index is -4.55. The van der Waals surface area contributed by atoms with Gasteiger partial charge >= 0.3 is 12.1 Å². The van der Waals surface area contributed by atoms with E-state index in [1.165, 1.54) is 0 Å². The zero-order chi connectivity index (χ0) is 19.5. The van der Waals surface area contributed by atoms with Gasteiger partial charge in [-0.05, 0) is 24.3 Å². The molecule has 0 bridgehead atoms. The van der Waals surface area contributed by atoms with E-state index in [-0.39, 0.29) is 11.6 Å². The van der Waals surface area contributed by atoms with Gasteiger partial charge in [-0.1, -0.05) is 0 Å².